The Labute approximate surface area is 101 Å². The van der Waals surface area contributed by atoms with E-state index in [1.54, 1.807) is 6.20 Å². The lowest BCUT2D eigenvalue weighted by atomic mass is 9.98. The SMILES string of the molecule is Cc1cc(N)cnc1N1CCNC(=O)C1(C)C. The Balaban J connectivity index is 2.41. The standard InChI is InChI=1S/C12H18N4O/c1-8-6-9(13)7-15-10(8)16-5-4-14-11(17)12(16,2)3/h6-7H,4-5,13H2,1-3H3,(H,14,17). The molecule has 92 valence electrons. The van der Waals surface area contributed by atoms with E-state index in [2.05, 4.69) is 10.3 Å². The van der Waals surface area contributed by atoms with Crippen molar-refractivity contribution < 1.29 is 4.79 Å². The molecule has 1 aromatic heterocycles. The fourth-order valence-corrected chi connectivity index (χ4v) is 2.14. The Bertz CT molecular complexity index is 456. The molecule has 1 amide bonds. The molecule has 2 rings (SSSR count). The number of hydrogen-bond donors (Lipinski definition) is 2. The maximum Gasteiger partial charge on any atom is 0.245 e. The average Bonchev–Trinajstić information content (AvgIpc) is 2.23. The summed E-state index contributed by atoms with van der Waals surface area (Å²) in [4.78, 5) is 18.3. The summed E-state index contributed by atoms with van der Waals surface area (Å²) >= 11 is 0. The summed E-state index contributed by atoms with van der Waals surface area (Å²) in [6.07, 6.45) is 1.63. The molecular weight excluding hydrogens is 216 g/mol. The number of carbonyl (C=O) groups excluding carboxylic acids is 1. The highest BCUT2D eigenvalue weighted by molar-refractivity contribution is 5.90. The van der Waals surface area contributed by atoms with E-state index in [4.69, 9.17) is 5.73 Å². The van der Waals surface area contributed by atoms with Gasteiger partial charge in [-0.15, -0.1) is 0 Å². The Hall–Kier alpha value is -1.78. The van der Waals surface area contributed by atoms with Crippen LogP contribution in [-0.4, -0.2) is 29.5 Å². The number of nitrogens with two attached hydrogens (primary N) is 1. The first-order valence-electron chi connectivity index (χ1n) is 5.71. The number of carbonyl (C=O) groups is 1. The van der Waals surface area contributed by atoms with E-state index in [1.165, 1.54) is 0 Å². The van der Waals surface area contributed by atoms with Gasteiger partial charge in [-0.1, -0.05) is 0 Å². The highest BCUT2D eigenvalue weighted by Gasteiger charge is 2.38. The Morgan fingerprint density at radius 2 is 2.24 bits per heavy atom. The molecule has 2 heterocycles. The highest BCUT2D eigenvalue weighted by atomic mass is 16.2. The van der Waals surface area contributed by atoms with Gasteiger partial charge in [-0.25, -0.2) is 4.98 Å². The van der Waals surface area contributed by atoms with Gasteiger partial charge in [0.1, 0.15) is 11.4 Å². The van der Waals surface area contributed by atoms with Crippen molar-refractivity contribution in [3.05, 3.63) is 17.8 Å². The minimum atomic E-state index is -0.577. The van der Waals surface area contributed by atoms with E-state index < -0.39 is 5.54 Å². The fraction of sp³-hybridized carbons (Fsp3) is 0.500. The third kappa shape index (κ3) is 1.92. The number of aryl methyl sites for hydroxylation is 1. The van der Waals surface area contributed by atoms with E-state index in [0.717, 1.165) is 17.9 Å². The predicted molar refractivity (Wildman–Crippen MR) is 67.8 cm³/mol. The van der Waals surface area contributed by atoms with Gasteiger partial charge in [0, 0.05) is 13.1 Å². The van der Waals surface area contributed by atoms with Crippen LogP contribution in [0.15, 0.2) is 12.3 Å². The predicted octanol–water partition coefficient (Wildman–Crippen LogP) is 0.687. The number of hydrogen-bond acceptors (Lipinski definition) is 4. The molecular formula is C12H18N4O. The normalized spacial score (nSPS) is 19.0. The van der Waals surface area contributed by atoms with E-state index in [0.29, 0.717) is 12.2 Å². The van der Waals surface area contributed by atoms with Gasteiger partial charge in [0.2, 0.25) is 5.91 Å². The summed E-state index contributed by atoms with van der Waals surface area (Å²) in [7, 11) is 0. The van der Waals surface area contributed by atoms with Crippen LogP contribution >= 0.6 is 0 Å². The Kier molecular flexibility index (Phi) is 2.69. The fourth-order valence-electron chi connectivity index (χ4n) is 2.14. The van der Waals surface area contributed by atoms with Crippen molar-refractivity contribution in [2.75, 3.05) is 23.7 Å². The van der Waals surface area contributed by atoms with Crippen molar-refractivity contribution >= 4 is 17.4 Å². The molecule has 0 spiro atoms. The third-order valence-corrected chi connectivity index (χ3v) is 3.18. The number of amides is 1. The summed E-state index contributed by atoms with van der Waals surface area (Å²) in [6, 6.07) is 1.88. The lowest BCUT2D eigenvalue weighted by molar-refractivity contribution is -0.126. The molecule has 0 unspecified atom stereocenters. The quantitative estimate of drug-likeness (QED) is 0.750. The van der Waals surface area contributed by atoms with Crippen molar-refractivity contribution in [3.8, 4) is 0 Å². The minimum absolute atomic E-state index is 0.0294. The lowest BCUT2D eigenvalue weighted by Gasteiger charge is -2.42. The molecule has 1 aliphatic rings. The molecule has 0 bridgehead atoms. The Morgan fingerprint density at radius 1 is 1.53 bits per heavy atom. The smallest absolute Gasteiger partial charge is 0.245 e. The third-order valence-electron chi connectivity index (χ3n) is 3.18. The van der Waals surface area contributed by atoms with E-state index >= 15 is 0 Å². The molecule has 1 saturated heterocycles. The summed E-state index contributed by atoms with van der Waals surface area (Å²) in [5.74, 6) is 0.862. The van der Waals surface area contributed by atoms with Crippen molar-refractivity contribution in [2.45, 2.75) is 26.3 Å². The maximum atomic E-state index is 11.9. The van der Waals surface area contributed by atoms with E-state index in [-0.39, 0.29) is 5.91 Å². The van der Waals surface area contributed by atoms with Crippen LogP contribution in [0.1, 0.15) is 19.4 Å². The van der Waals surface area contributed by atoms with Crippen molar-refractivity contribution in [3.63, 3.8) is 0 Å². The van der Waals surface area contributed by atoms with Crippen molar-refractivity contribution in [1.29, 1.82) is 0 Å². The van der Waals surface area contributed by atoms with Gasteiger partial charge in [0.25, 0.3) is 0 Å². The molecule has 0 saturated carbocycles. The van der Waals surface area contributed by atoms with Gasteiger partial charge < -0.3 is 16.0 Å². The largest absolute Gasteiger partial charge is 0.397 e. The van der Waals surface area contributed by atoms with E-state index in [9.17, 15) is 4.79 Å². The monoisotopic (exact) mass is 234 g/mol. The molecule has 5 heteroatoms. The van der Waals surface area contributed by atoms with Crippen LogP contribution in [0.2, 0.25) is 0 Å². The molecule has 0 aromatic carbocycles. The summed E-state index contributed by atoms with van der Waals surface area (Å²) in [5.41, 5.74) is 6.75. The zero-order chi connectivity index (χ0) is 12.6. The number of nitrogens with one attached hydrogen (secondary N) is 1. The van der Waals surface area contributed by atoms with Gasteiger partial charge in [-0.05, 0) is 32.4 Å². The number of anilines is 2. The molecule has 1 aromatic rings. The number of rotatable bonds is 1. The number of piperazine rings is 1. The zero-order valence-corrected chi connectivity index (χ0v) is 10.4. The number of pyridine rings is 1. The first-order valence-corrected chi connectivity index (χ1v) is 5.71. The molecule has 0 radical (unpaired) electrons. The van der Waals surface area contributed by atoms with Crippen LogP contribution in [0.25, 0.3) is 0 Å². The van der Waals surface area contributed by atoms with Crippen molar-refractivity contribution in [1.82, 2.24) is 10.3 Å². The Morgan fingerprint density at radius 3 is 2.88 bits per heavy atom. The second-order valence-electron chi connectivity index (χ2n) is 4.88. The maximum absolute atomic E-state index is 11.9. The van der Waals surface area contributed by atoms with Gasteiger partial charge >= 0.3 is 0 Å². The molecule has 1 aliphatic heterocycles. The van der Waals surface area contributed by atoms with Gasteiger partial charge in [0.05, 0.1) is 11.9 Å². The lowest BCUT2D eigenvalue weighted by Crippen LogP contribution is -2.62. The topological polar surface area (TPSA) is 71.2 Å². The molecule has 5 nitrogen and oxygen atoms in total. The molecule has 0 atom stereocenters. The molecule has 0 aliphatic carbocycles. The number of nitrogen functional groups attached to an aromatic ring is 1. The van der Waals surface area contributed by atoms with E-state index in [1.807, 2.05) is 31.7 Å². The van der Waals surface area contributed by atoms with Crippen LogP contribution in [0.5, 0.6) is 0 Å². The van der Waals surface area contributed by atoms with Crippen LogP contribution in [0.3, 0.4) is 0 Å². The second kappa shape index (κ2) is 3.91. The zero-order valence-electron chi connectivity index (χ0n) is 10.4. The first kappa shape index (κ1) is 11.7. The molecule has 3 N–H and O–H groups in total. The average molecular weight is 234 g/mol. The molecule has 17 heavy (non-hydrogen) atoms. The first-order chi connectivity index (χ1) is 7.93. The van der Waals surface area contributed by atoms with Crippen LogP contribution in [0.4, 0.5) is 11.5 Å². The van der Waals surface area contributed by atoms with Crippen molar-refractivity contribution in [2.24, 2.45) is 0 Å². The summed E-state index contributed by atoms with van der Waals surface area (Å²) < 4.78 is 0. The molecule has 1 fully saturated rings. The second-order valence-corrected chi connectivity index (χ2v) is 4.88. The highest BCUT2D eigenvalue weighted by Crippen LogP contribution is 2.27. The van der Waals surface area contributed by atoms with Gasteiger partial charge in [0.15, 0.2) is 0 Å². The van der Waals surface area contributed by atoms with Gasteiger partial charge in [-0.3, -0.25) is 4.79 Å². The number of aromatic nitrogens is 1. The number of nitrogens with zero attached hydrogens (tertiary/aromatic N) is 2. The van der Waals surface area contributed by atoms with Crippen LogP contribution in [-0.2, 0) is 4.79 Å². The summed E-state index contributed by atoms with van der Waals surface area (Å²) in [5, 5.41) is 2.87. The van der Waals surface area contributed by atoms with Crippen LogP contribution in [0, 0.1) is 6.92 Å². The summed E-state index contributed by atoms with van der Waals surface area (Å²) in [6.45, 7) is 7.17. The van der Waals surface area contributed by atoms with Crippen LogP contribution < -0.4 is 16.0 Å². The van der Waals surface area contributed by atoms with Gasteiger partial charge in [-0.2, -0.15) is 0 Å². The minimum Gasteiger partial charge on any atom is -0.397 e.